The van der Waals surface area contributed by atoms with Crippen LogP contribution in [0, 0.1) is 13.8 Å². The number of rotatable bonds is 3. The minimum absolute atomic E-state index is 0.543. The Hall–Kier alpha value is -1.53. The highest BCUT2D eigenvalue weighted by molar-refractivity contribution is 7.80. The van der Waals surface area contributed by atoms with Gasteiger partial charge < -0.3 is 25.8 Å². The third kappa shape index (κ3) is 3.08. The molecule has 104 valence electrons. The van der Waals surface area contributed by atoms with Crippen LogP contribution >= 0.6 is 12.2 Å². The first kappa shape index (κ1) is 13.9. The van der Waals surface area contributed by atoms with Crippen LogP contribution in [0.2, 0.25) is 0 Å². The smallest absolute Gasteiger partial charge is 0.170 e. The highest BCUT2D eigenvalue weighted by Gasteiger charge is 2.19. The van der Waals surface area contributed by atoms with Crippen molar-refractivity contribution in [1.29, 1.82) is 0 Å². The van der Waals surface area contributed by atoms with Crippen LogP contribution in [0.5, 0.6) is 11.5 Å². The fraction of sp³-hybridized carbons (Fsp3) is 0.462. The maximum absolute atomic E-state index is 5.69. The highest BCUT2D eigenvalue weighted by atomic mass is 32.1. The van der Waals surface area contributed by atoms with Gasteiger partial charge in [-0.3, -0.25) is 0 Å². The molecule has 1 aromatic carbocycles. The van der Waals surface area contributed by atoms with Gasteiger partial charge in [-0.15, -0.1) is 0 Å². The lowest BCUT2D eigenvalue weighted by Gasteiger charge is -2.24. The standard InChI is InChI=1S/C13H19N3O2S/c1-8-7-10(16-13(19)15-4-3-14)9(2)12-11(8)17-5-6-18-12/h7H,3-6,14H2,1-2H3,(H2,15,16,19). The van der Waals surface area contributed by atoms with E-state index < -0.39 is 0 Å². The molecule has 0 saturated carbocycles. The second-order valence-electron chi connectivity index (χ2n) is 4.39. The molecule has 0 aromatic heterocycles. The second-order valence-corrected chi connectivity index (χ2v) is 4.80. The normalized spacial score (nSPS) is 13.0. The van der Waals surface area contributed by atoms with E-state index >= 15 is 0 Å². The third-order valence-corrected chi connectivity index (χ3v) is 3.17. The summed E-state index contributed by atoms with van der Waals surface area (Å²) in [6.07, 6.45) is 0. The molecular formula is C13H19N3O2S. The van der Waals surface area contributed by atoms with Crippen LogP contribution in [0.25, 0.3) is 0 Å². The van der Waals surface area contributed by atoms with Gasteiger partial charge in [-0.2, -0.15) is 0 Å². The molecule has 0 saturated heterocycles. The zero-order chi connectivity index (χ0) is 13.8. The molecule has 19 heavy (non-hydrogen) atoms. The molecule has 0 amide bonds. The van der Waals surface area contributed by atoms with Gasteiger partial charge in [0.05, 0.1) is 0 Å². The van der Waals surface area contributed by atoms with Gasteiger partial charge in [0, 0.05) is 24.3 Å². The van der Waals surface area contributed by atoms with E-state index in [-0.39, 0.29) is 0 Å². The summed E-state index contributed by atoms with van der Waals surface area (Å²) in [5.74, 6) is 1.63. The van der Waals surface area contributed by atoms with Crippen molar-refractivity contribution in [3.05, 3.63) is 17.2 Å². The molecule has 2 rings (SSSR count). The van der Waals surface area contributed by atoms with Crippen molar-refractivity contribution < 1.29 is 9.47 Å². The summed E-state index contributed by atoms with van der Waals surface area (Å²) in [5, 5.41) is 6.76. The molecule has 0 aliphatic carbocycles. The van der Waals surface area contributed by atoms with E-state index in [0.29, 0.717) is 31.4 Å². The van der Waals surface area contributed by atoms with Crippen LogP contribution in [-0.2, 0) is 0 Å². The van der Waals surface area contributed by atoms with Gasteiger partial charge in [0.1, 0.15) is 13.2 Å². The third-order valence-electron chi connectivity index (χ3n) is 2.92. The molecule has 0 bridgehead atoms. The highest BCUT2D eigenvalue weighted by Crippen LogP contribution is 2.40. The first-order chi connectivity index (χ1) is 9.13. The summed E-state index contributed by atoms with van der Waals surface area (Å²) < 4.78 is 11.3. The largest absolute Gasteiger partial charge is 0.486 e. The van der Waals surface area contributed by atoms with Gasteiger partial charge in [0.15, 0.2) is 16.6 Å². The Morgan fingerprint density at radius 2 is 2.00 bits per heavy atom. The van der Waals surface area contributed by atoms with E-state index in [0.717, 1.165) is 28.3 Å². The first-order valence-corrected chi connectivity index (χ1v) is 6.69. The minimum Gasteiger partial charge on any atom is -0.486 e. The minimum atomic E-state index is 0.543. The molecule has 4 N–H and O–H groups in total. The lowest BCUT2D eigenvalue weighted by molar-refractivity contribution is 0.169. The molecular weight excluding hydrogens is 262 g/mol. The maximum Gasteiger partial charge on any atom is 0.170 e. The molecule has 0 spiro atoms. The fourth-order valence-corrected chi connectivity index (χ4v) is 2.20. The number of fused-ring (bicyclic) bond motifs is 1. The van der Waals surface area contributed by atoms with Crippen molar-refractivity contribution in [2.45, 2.75) is 13.8 Å². The van der Waals surface area contributed by atoms with Gasteiger partial charge in [-0.1, -0.05) is 0 Å². The Bertz CT molecular complexity index is 491. The monoisotopic (exact) mass is 281 g/mol. The predicted octanol–water partition coefficient (Wildman–Crippen LogP) is 1.32. The number of ether oxygens (including phenoxy) is 2. The fourth-order valence-electron chi connectivity index (χ4n) is 1.98. The number of hydrogen-bond acceptors (Lipinski definition) is 4. The van der Waals surface area contributed by atoms with Crippen molar-refractivity contribution in [1.82, 2.24) is 5.32 Å². The number of hydrogen-bond donors (Lipinski definition) is 3. The molecule has 5 nitrogen and oxygen atoms in total. The Kier molecular flexibility index (Phi) is 4.44. The quantitative estimate of drug-likeness (QED) is 0.726. The lowest BCUT2D eigenvalue weighted by atomic mass is 10.1. The van der Waals surface area contributed by atoms with Gasteiger partial charge in [0.2, 0.25) is 0 Å². The van der Waals surface area contributed by atoms with Gasteiger partial charge >= 0.3 is 0 Å². The van der Waals surface area contributed by atoms with Crippen molar-refractivity contribution in [2.75, 3.05) is 31.6 Å². The number of nitrogens with two attached hydrogens (primary N) is 1. The average molecular weight is 281 g/mol. The van der Waals surface area contributed by atoms with E-state index in [1.807, 2.05) is 19.9 Å². The zero-order valence-electron chi connectivity index (χ0n) is 11.2. The number of anilines is 1. The summed E-state index contributed by atoms with van der Waals surface area (Å²) in [7, 11) is 0. The Morgan fingerprint density at radius 3 is 2.68 bits per heavy atom. The maximum atomic E-state index is 5.69. The number of thiocarbonyl (C=S) groups is 1. The van der Waals surface area contributed by atoms with Crippen LogP contribution in [0.1, 0.15) is 11.1 Å². The van der Waals surface area contributed by atoms with Crippen LogP contribution in [0.3, 0.4) is 0 Å². The molecule has 1 aliphatic heterocycles. The van der Waals surface area contributed by atoms with Crippen LogP contribution in [0.4, 0.5) is 5.69 Å². The van der Waals surface area contributed by atoms with E-state index in [9.17, 15) is 0 Å². The molecule has 0 radical (unpaired) electrons. The van der Waals surface area contributed by atoms with E-state index in [2.05, 4.69) is 10.6 Å². The van der Waals surface area contributed by atoms with Crippen molar-refractivity contribution in [2.24, 2.45) is 5.73 Å². The van der Waals surface area contributed by atoms with Gasteiger partial charge in [0.25, 0.3) is 0 Å². The van der Waals surface area contributed by atoms with Crippen molar-refractivity contribution in [3.8, 4) is 11.5 Å². The first-order valence-electron chi connectivity index (χ1n) is 6.28. The average Bonchev–Trinajstić information content (AvgIpc) is 2.42. The number of aryl methyl sites for hydroxylation is 1. The molecule has 1 aliphatic rings. The second kappa shape index (κ2) is 6.08. The molecule has 1 heterocycles. The Labute approximate surface area is 118 Å². The zero-order valence-corrected chi connectivity index (χ0v) is 12.0. The predicted molar refractivity (Wildman–Crippen MR) is 80.2 cm³/mol. The summed E-state index contributed by atoms with van der Waals surface area (Å²) in [4.78, 5) is 0. The molecule has 6 heteroatoms. The Balaban J connectivity index is 2.22. The van der Waals surface area contributed by atoms with Gasteiger partial charge in [-0.25, -0.2) is 0 Å². The summed E-state index contributed by atoms with van der Waals surface area (Å²) >= 11 is 5.21. The topological polar surface area (TPSA) is 68.5 Å². The van der Waals surface area contributed by atoms with Crippen molar-refractivity contribution in [3.63, 3.8) is 0 Å². The Morgan fingerprint density at radius 1 is 1.32 bits per heavy atom. The van der Waals surface area contributed by atoms with E-state index in [1.54, 1.807) is 0 Å². The van der Waals surface area contributed by atoms with Gasteiger partial charge in [-0.05, 0) is 37.7 Å². The lowest BCUT2D eigenvalue weighted by Crippen LogP contribution is -2.33. The number of nitrogens with one attached hydrogen (secondary N) is 2. The number of benzene rings is 1. The van der Waals surface area contributed by atoms with Crippen molar-refractivity contribution >= 4 is 23.0 Å². The molecule has 0 atom stereocenters. The van der Waals surface area contributed by atoms with E-state index in [4.69, 9.17) is 27.4 Å². The van der Waals surface area contributed by atoms with E-state index in [1.165, 1.54) is 0 Å². The SMILES string of the molecule is Cc1cc(NC(=S)NCCN)c(C)c2c1OCCO2. The van der Waals surface area contributed by atoms with Crippen LogP contribution in [-0.4, -0.2) is 31.4 Å². The summed E-state index contributed by atoms with van der Waals surface area (Å²) in [6.45, 7) is 6.34. The molecule has 1 aromatic rings. The molecule has 0 fully saturated rings. The summed E-state index contributed by atoms with van der Waals surface area (Å²) in [5.41, 5.74) is 8.39. The molecule has 0 unspecified atom stereocenters. The van der Waals surface area contributed by atoms with Crippen LogP contribution < -0.4 is 25.8 Å². The summed E-state index contributed by atoms with van der Waals surface area (Å²) in [6, 6.07) is 2.01. The van der Waals surface area contributed by atoms with Crippen LogP contribution in [0.15, 0.2) is 6.07 Å².